The normalized spacial score (nSPS) is 10.9. The van der Waals surface area contributed by atoms with Crippen molar-refractivity contribution in [2.45, 2.75) is 10.8 Å². The molecule has 19 heavy (non-hydrogen) atoms. The summed E-state index contributed by atoms with van der Waals surface area (Å²) < 4.78 is 2.26. The summed E-state index contributed by atoms with van der Waals surface area (Å²) in [7, 11) is 0. The fourth-order valence-corrected chi connectivity index (χ4v) is 3.96. The van der Waals surface area contributed by atoms with Gasteiger partial charge >= 0.3 is 0 Å². The SMILES string of the molecule is Nc1ccc2nc(SCCc3ccncc3)sc2c1. The Morgan fingerprint density at radius 3 is 2.84 bits per heavy atom. The topological polar surface area (TPSA) is 51.8 Å². The fraction of sp³-hybridized carbons (Fsp3) is 0.143. The van der Waals surface area contributed by atoms with Crippen molar-refractivity contribution in [3.05, 3.63) is 48.3 Å². The van der Waals surface area contributed by atoms with Crippen molar-refractivity contribution < 1.29 is 0 Å². The van der Waals surface area contributed by atoms with Crippen LogP contribution in [0.3, 0.4) is 0 Å². The van der Waals surface area contributed by atoms with Gasteiger partial charge in [0.05, 0.1) is 10.2 Å². The molecule has 0 fully saturated rings. The zero-order valence-electron chi connectivity index (χ0n) is 10.2. The molecule has 5 heteroatoms. The number of hydrogen-bond donors (Lipinski definition) is 1. The van der Waals surface area contributed by atoms with E-state index in [1.54, 1.807) is 23.1 Å². The van der Waals surface area contributed by atoms with Crippen LogP contribution in [-0.2, 0) is 6.42 Å². The van der Waals surface area contributed by atoms with E-state index in [9.17, 15) is 0 Å². The van der Waals surface area contributed by atoms with Crippen molar-refractivity contribution in [1.82, 2.24) is 9.97 Å². The van der Waals surface area contributed by atoms with Crippen LogP contribution in [0.15, 0.2) is 47.1 Å². The number of rotatable bonds is 4. The Kier molecular flexibility index (Phi) is 3.66. The molecule has 0 aliphatic rings. The van der Waals surface area contributed by atoms with Gasteiger partial charge in [-0.15, -0.1) is 11.3 Å². The summed E-state index contributed by atoms with van der Waals surface area (Å²) in [6.45, 7) is 0. The van der Waals surface area contributed by atoms with Crippen LogP contribution in [0.2, 0.25) is 0 Å². The van der Waals surface area contributed by atoms with Gasteiger partial charge in [0.25, 0.3) is 0 Å². The lowest BCUT2D eigenvalue weighted by atomic mass is 10.2. The second-order valence-corrected chi connectivity index (χ2v) is 6.53. The van der Waals surface area contributed by atoms with Crippen molar-refractivity contribution in [2.24, 2.45) is 0 Å². The van der Waals surface area contributed by atoms with Crippen LogP contribution in [0.5, 0.6) is 0 Å². The molecule has 0 saturated heterocycles. The lowest BCUT2D eigenvalue weighted by Gasteiger charge is -1.98. The summed E-state index contributed by atoms with van der Waals surface area (Å²) in [6, 6.07) is 9.97. The smallest absolute Gasteiger partial charge is 0.151 e. The van der Waals surface area contributed by atoms with Gasteiger partial charge in [0.15, 0.2) is 4.34 Å². The van der Waals surface area contributed by atoms with Gasteiger partial charge in [-0.1, -0.05) is 11.8 Å². The average molecular weight is 287 g/mol. The van der Waals surface area contributed by atoms with Crippen molar-refractivity contribution in [3.8, 4) is 0 Å². The van der Waals surface area contributed by atoms with Gasteiger partial charge in [-0.3, -0.25) is 4.98 Å². The second-order valence-electron chi connectivity index (χ2n) is 4.16. The third-order valence-corrected chi connectivity index (χ3v) is 4.92. The van der Waals surface area contributed by atoms with E-state index in [0.29, 0.717) is 0 Å². The molecule has 3 nitrogen and oxygen atoms in total. The molecule has 0 bridgehead atoms. The average Bonchev–Trinajstić information content (AvgIpc) is 2.82. The Morgan fingerprint density at radius 1 is 1.16 bits per heavy atom. The number of fused-ring (bicyclic) bond motifs is 1. The molecule has 2 aromatic heterocycles. The number of thioether (sulfide) groups is 1. The third-order valence-electron chi connectivity index (χ3n) is 2.76. The first-order valence-electron chi connectivity index (χ1n) is 5.99. The van der Waals surface area contributed by atoms with Gasteiger partial charge in [-0.05, 0) is 42.3 Å². The number of nitrogens with zero attached hydrogens (tertiary/aromatic N) is 2. The Morgan fingerprint density at radius 2 is 2.00 bits per heavy atom. The number of hydrogen-bond acceptors (Lipinski definition) is 5. The van der Waals surface area contributed by atoms with Gasteiger partial charge in [0.2, 0.25) is 0 Å². The van der Waals surface area contributed by atoms with Crippen LogP contribution in [-0.4, -0.2) is 15.7 Å². The molecule has 0 saturated carbocycles. The number of nitrogen functional groups attached to an aromatic ring is 1. The van der Waals surface area contributed by atoms with E-state index in [4.69, 9.17) is 5.73 Å². The zero-order chi connectivity index (χ0) is 13.1. The Balaban J connectivity index is 1.65. The maximum atomic E-state index is 5.78. The zero-order valence-corrected chi connectivity index (χ0v) is 11.9. The number of anilines is 1. The van der Waals surface area contributed by atoms with E-state index in [1.165, 1.54) is 5.56 Å². The molecule has 2 N–H and O–H groups in total. The van der Waals surface area contributed by atoms with E-state index in [0.717, 1.165) is 32.4 Å². The van der Waals surface area contributed by atoms with Crippen LogP contribution in [0.4, 0.5) is 5.69 Å². The highest BCUT2D eigenvalue weighted by Crippen LogP contribution is 2.30. The number of thiazole rings is 1. The molecule has 0 amide bonds. The molecule has 0 aliphatic heterocycles. The largest absolute Gasteiger partial charge is 0.399 e. The monoisotopic (exact) mass is 287 g/mol. The third kappa shape index (κ3) is 3.05. The minimum Gasteiger partial charge on any atom is -0.399 e. The summed E-state index contributed by atoms with van der Waals surface area (Å²) in [4.78, 5) is 8.62. The van der Waals surface area contributed by atoms with Crippen LogP contribution < -0.4 is 5.73 Å². The summed E-state index contributed by atoms with van der Waals surface area (Å²) in [5.74, 6) is 1.03. The lowest BCUT2D eigenvalue weighted by molar-refractivity contribution is 1.13. The number of pyridine rings is 1. The van der Waals surface area contributed by atoms with Crippen LogP contribution >= 0.6 is 23.1 Å². The first kappa shape index (κ1) is 12.4. The number of nitrogens with two attached hydrogens (primary N) is 1. The van der Waals surface area contributed by atoms with Gasteiger partial charge in [0, 0.05) is 23.8 Å². The minimum atomic E-state index is 0.796. The minimum absolute atomic E-state index is 0.796. The molecule has 1 aromatic carbocycles. The predicted octanol–water partition coefficient (Wildman–Crippen LogP) is 3.61. The number of aryl methyl sites for hydroxylation is 1. The molecule has 3 rings (SSSR count). The second kappa shape index (κ2) is 5.59. The molecular formula is C14H13N3S2. The summed E-state index contributed by atoms with van der Waals surface area (Å²) >= 11 is 3.50. The van der Waals surface area contributed by atoms with Gasteiger partial charge < -0.3 is 5.73 Å². The molecule has 0 atom stereocenters. The van der Waals surface area contributed by atoms with Crippen LogP contribution in [0, 0.1) is 0 Å². The van der Waals surface area contributed by atoms with Crippen molar-refractivity contribution in [1.29, 1.82) is 0 Å². The summed E-state index contributed by atoms with van der Waals surface area (Å²) in [5.41, 5.74) is 8.92. The Hall–Kier alpha value is -1.59. The van der Waals surface area contributed by atoms with E-state index < -0.39 is 0 Å². The van der Waals surface area contributed by atoms with Gasteiger partial charge in [-0.25, -0.2) is 4.98 Å². The molecular weight excluding hydrogens is 274 g/mol. The van der Waals surface area contributed by atoms with Crippen molar-refractivity contribution in [2.75, 3.05) is 11.5 Å². The quantitative estimate of drug-likeness (QED) is 0.588. The standard InChI is InChI=1S/C14H13N3S2/c15-11-1-2-12-13(9-11)19-14(17-12)18-8-5-10-3-6-16-7-4-10/h1-4,6-7,9H,5,8,15H2. The molecule has 0 spiro atoms. The van der Waals surface area contributed by atoms with E-state index >= 15 is 0 Å². The summed E-state index contributed by atoms with van der Waals surface area (Å²) in [5, 5.41) is 0. The fourth-order valence-electron chi connectivity index (χ4n) is 1.79. The molecule has 0 radical (unpaired) electrons. The van der Waals surface area contributed by atoms with E-state index in [-0.39, 0.29) is 0 Å². The van der Waals surface area contributed by atoms with Crippen LogP contribution in [0.1, 0.15) is 5.56 Å². The Bertz CT molecular complexity index is 679. The molecule has 0 aliphatic carbocycles. The molecule has 96 valence electrons. The van der Waals surface area contributed by atoms with E-state index in [2.05, 4.69) is 22.1 Å². The van der Waals surface area contributed by atoms with Gasteiger partial charge in [0.1, 0.15) is 0 Å². The number of benzene rings is 1. The maximum Gasteiger partial charge on any atom is 0.151 e. The molecule has 3 aromatic rings. The van der Waals surface area contributed by atoms with Crippen molar-refractivity contribution >= 4 is 39.0 Å². The summed E-state index contributed by atoms with van der Waals surface area (Å²) in [6.07, 6.45) is 4.70. The highest BCUT2D eigenvalue weighted by molar-refractivity contribution is 8.01. The maximum absolute atomic E-state index is 5.78. The van der Waals surface area contributed by atoms with Crippen LogP contribution in [0.25, 0.3) is 10.2 Å². The lowest BCUT2D eigenvalue weighted by Crippen LogP contribution is -1.88. The highest BCUT2D eigenvalue weighted by Gasteiger charge is 2.04. The highest BCUT2D eigenvalue weighted by atomic mass is 32.2. The Labute approximate surface area is 119 Å². The van der Waals surface area contributed by atoms with Gasteiger partial charge in [-0.2, -0.15) is 0 Å². The first-order valence-corrected chi connectivity index (χ1v) is 7.79. The molecule has 2 heterocycles. The first-order chi connectivity index (χ1) is 9.31. The van der Waals surface area contributed by atoms with Crippen molar-refractivity contribution in [3.63, 3.8) is 0 Å². The number of aromatic nitrogens is 2. The predicted molar refractivity (Wildman–Crippen MR) is 82.7 cm³/mol. The van der Waals surface area contributed by atoms with E-state index in [1.807, 2.05) is 30.6 Å². The molecule has 0 unspecified atom stereocenters.